The van der Waals surface area contributed by atoms with Crippen molar-refractivity contribution in [2.75, 3.05) is 13.1 Å². The number of hydrogen-bond donors (Lipinski definition) is 0. The molecule has 0 aromatic heterocycles. The second kappa shape index (κ2) is 8.91. The Labute approximate surface area is 124 Å². The van der Waals surface area contributed by atoms with Gasteiger partial charge >= 0.3 is 0 Å². The van der Waals surface area contributed by atoms with Crippen molar-refractivity contribution in [3.63, 3.8) is 0 Å². The van der Waals surface area contributed by atoms with Gasteiger partial charge in [-0.15, -0.1) is 0 Å². The fraction of sp³-hybridized carbons (Fsp3) is 0.611. The van der Waals surface area contributed by atoms with Crippen molar-refractivity contribution in [2.45, 2.75) is 59.4 Å². The molecule has 1 rings (SSSR count). The third-order valence-corrected chi connectivity index (χ3v) is 3.81. The van der Waals surface area contributed by atoms with Crippen molar-refractivity contribution in [2.24, 2.45) is 0 Å². The predicted octanol–water partition coefficient (Wildman–Crippen LogP) is 4.33. The van der Waals surface area contributed by atoms with Gasteiger partial charge in [0.05, 0.1) is 6.54 Å². The molecule has 0 bridgehead atoms. The Morgan fingerprint density at radius 1 is 1.10 bits per heavy atom. The summed E-state index contributed by atoms with van der Waals surface area (Å²) < 4.78 is 0. The van der Waals surface area contributed by atoms with Crippen molar-refractivity contribution in [3.05, 3.63) is 35.4 Å². The van der Waals surface area contributed by atoms with Crippen LogP contribution in [0.4, 0.5) is 0 Å². The summed E-state index contributed by atoms with van der Waals surface area (Å²) >= 11 is 0. The summed E-state index contributed by atoms with van der Waals surface area (Å²) in [5.41, 5.74) is 2.12. The van der Waals surface area contributed by atoms with Crippen LogP contribution in [0, 0.1) is 0 Å². The number of hydrogen-bond acceptors (Lipinski definition) is 2. The molecule has 0 radical (unpaired) electrons. The molecule has 1 aromatic carbocycles. The van der Waals surface area contributed by atoms with Gasteiger partial charge in [-0.05, 0) is 38.8 Å². The van der Waals surface area contributed by atoms with Crippen LogP contribution in [0.25, 0.3) is 0 Å². The number of aryl methyl sites for hydroxylation is 1. The second-order valence-electron chi connectivity index (χ2n) is 5.74. The average molecular weight is 275 g/mol. The Kier molecular flexibility index (Phi) is 7.53. The number of carbonyl (C=O) groups is 1. The molecule has 0 fully saturated rings. The first-order chi connectivity index (χ1) is 9.58. The number of benzene rings is 1. The Hall–Kier alpha value is -1.15. The van der Waals surface area contributed by atoms with Gasteiger partial charge in [0.15, 0.2) is 5.78 Å². The highest BCUT2D eigenvalue weighted by Gasteiger charge is 2.14. The van der Waals surface area contributed by atoms with Crippen LogP contribution < -0.4 is 0 Å². The van der Waals surface area contributed by atoms with Crippen molar-refractivity contribution < 1.29 is 4.79 Å². The van der Waals surface area contributed by atoms with Gasteiger partial charge < -0.3 is 0 Å². The molecule has 2 nitrogen and oxygen atoms in total. The molecule has 0 N–H and O–H groups in total. The molecule has 2 heteroatoms. The van der Waals surface area contributed by atoms with Crippen LogP contribution in [-0.2, 0) is 6.42 Å². The lowest BCUT2D eigenvalue weighted by atomic mass is 10.1. The van der Waals surface area contributed by atoms with Crippen LogP contribution in [-0.4, -0.2) is 29.8 Å². The van der Waals surface area contributed by atoms with Gasteiger partial charge in [0, 0.05) is 11.6 Å². The van der Waals surface area contributed by atoms with Crippen molar-refractivity contribution in [3.8, 4) is 0 Å². The third kappa shape index (κ3) is 5.46. The number of carbonyl (C=O) groups excluding carboxylic acids is 1. The van der Waals surface area contributed by atoms with Crippen molar-refractivity contribution in [1.82, 2.24) is 4.90 Å². The maximum atomic E-state index is 12.4. The molecule has 112 valence electrons. The molecule has 0 aliphatic heterocycles. The summed E-state index contributed by atoms with van der Waals surface area (Å²) in [5.74, 6) is 0.234. The molecule has 0 heterocycles. The van der Waals surface area contributed by atoms with Crippen LogP contribution in [0.15, 0.2) is 24.3 Å². The summed E-state index contributed by atoms with van der Waals surface area (Å²) in [4.78, 5) is 14.6. The van der Waals surface area contributed by atoms with Crippen LogP contribution >= 0.6 is 0 Å². The van der Waals surface area contributed by atoms with E-state index < -0.39 is 0 Å². The number of nitrogens with zero attached hydrogens (tertiary/aromatic N) is 1. The number of unbranched alkanes of at least 4 members (excludes halogenated alkanes) is 2. The number of rotatable bonds is 9. The lowest BCUT2D eigenvalue weighted by Gasteiger charge is -2.25. The highest BCUT2D eigenvalue weighted by atomic mass is 16.1. The normalized spacial score (nSPS) is 11.3. The Morgan fingerprint density at radius 2 is 1.75 bits per heavy atom. The topological polar surface area (TPSA) is 20.3 Å². The SMILES string of the molecule is CCCCCN(CC(=O)c1ccc(CC)cc1)C(C)C. The highest BCUT2D eigenvalue weighted by molar-refractivity contribution is 5.97. The van der Waals surface area contributed by atoms with Crippen molar-refractivity contribution >= 4 is 5.78 Å². The Balaban J connectivity index is 2.59. The van der Waals surface area contributed by atoms with E-state index in [0.717, 1.165) is 18.5 Å². The zero-order chi connectivity index (χ0) is 15.0. The zero-order valence-electron chi connectivity index (χ0n) is 13.5. The molecule has 0 unspecified atom stereocenters. The van der Waals surface area contributed by atoms with Gasteiger partial charge in [0.25, 0.3) is 0 Å². The largest absolute Gasteiger partial charge is 0.293 e. The molecule has 0 spiro atoms. The van der Waals surface area contributed by atoms with E-state index in [4.69, 9.17) is 0 Å². The monoisotopic (exact) mass is 275 g/mol. The molecule has 0 aliphatic carbocycles. The minimum Gasteiger partial charge on any atom is -0.293 e. The predicted molar refractivity (Wildman–Crippen MR) is 86.4 cm³/mol. The standard InChI is InChI=1S/C18H29NO/c1-5-7-8-13-19(15(3)4)14-18(20)17-11-9-16(6-2)10-12-17/h9-12,15H,5-8,13-14H2,1-4H3. The van der Waals surface area contributed by atoms with E-state index in [0.29, 0.717) is 12.6 Å². The molecule has 0 aliphatic rings. The van der Waals surface area contributed by atoms with E-state index >= 15 is 0 Å². The smallest absolute Gasteiger partial charge is 0.176 e. The maximum absolute atomic E-state index is 12.4. The zero-order valence-corrected chi connectivity index (χ0v) is 13.5. The highest BCUT2D eigenvalue weighted by Crippen LogP contribution is 2.09. The summed E-state index contributed by atoms with van der Waals surface area (Å²) in [6.07, 6.45) is 4.65. The Morgan fingerprint density at radius 3 is 2.25 bits per heavy atom. The fourth-order valence-electron chi connectivity index (χ4n) is 2.29. The molecule has 0 amide bonds. The fourth-order valence-corrected chi connectivity index (χ4v) is 2.29. The van der Waals surface area contributed by atoms with E-state index in [-0.39, 0.29) is 5.78 Å². The minimum atomic E-state index is 0.234. The first kappa shape index (κ1) is 16.9. The van der Waals surface area contributed by atoms with E-state index in [1.165, 1.54) is 24.8 Å². The summed E-state index contributed by atoms with van der Waals surface area (Å²) in [6.45, 7) is 10.2. The first-order valence-corrected chi connectivity index (χ1v) is 7.94. The van der Waals surface area contributed by atoms with Crippen LogP contribution in [0.3, 0.4) is 0 Å². The van der Waals surface area contributed by atoms with Crippen LogP contribution in [0.2, 0.25) is 0 Å². The van der Waals surface area contributed by atoms with E-state index in [2.05, 4.69) is 44.7 Å². The summed E-state index contributed by atoms with van der Waals surface area (Å²) in [7, 11) is 0. The van der Waals surface area contributed by atoms with Crippen LogP contribution in [0.5, 0.6) is 0 Å². The lowest BCUT2D eigenvalue weighted by molar-refractivity contribution is 0.0904. The quantitative estimate of drug-likeness (QED) is 0.494. The third-order valence-electron chi connectivity index (χ3n) is 3.81. The van der Waals surface area contributed by atoms with E-state index in [9.17, 15) is 4.79 Å². The van der Waals surface area contributed by atoms with Gasteiger partial charge in [0.1, 0.15) is 0 Å². The Bertz CT molecular complexity index is 394. The molecular weight excluding hydrogens is 246 g/mol. The molecule has 0 saturated heterocycles. The minimum absolute atomic E-state index is 0.234. The van der Waals surface area contributed by atoms with Crippen molar-refractivity contribution in [1.29, 1.82) is 0 Å². The van der Waals surface area contributed by atoms with Crippen LogP contribution in [0.1, 0.15) is 62.9 Å². The van der Waals surface area contributed by atoms with Gasteiger partial charge in [-0.2, -0.15) is 0 Å². The summed E-state index contributed by atoms with van der Waals surface area (Å²) in [6, 6.07) is 8.47. The van der Waals surface area contributed by atoms with E-state index in [1.54, 1.807) is 0 Å². The molecule has 0 atom stereocenters. The van der Waals surface area contributed by atoms with Gasteiger partial charge in [-0.3, -0.25) is 9.69 Å². The first-order valence-electron chi connectivity index (χ1n) is 7.94. The van der Waals surface area contributed by atoms with E-state index in [1.807, 2.05) is 12.1 Å². The molecule has 1 aromatic rings. The van der Waals surface area contributed by atoms with Gasteiger partial charge in [0.2, 0.25) is 0 Å². The number of Topliss-reactive ketones (excluding diaryl/α,β-unsaturated/α-hetero) is 1. The van der Waals surface area contributed by atoms with Gasteiger partial charge in [-0.1, -0.05) is 51.0 Å². The molecule has 20 heavy (non-hydrogen) atoms. The summed E-state index contributed by atoms with van der Waals surface area (Å²) in [5, 5.41) is 0. The average Bonchev–Trinajstić information content (AvgIpc) is 2.46. The number of ketones is 1. The molecular formula is C18H29NO. The second-order valence-corrected chi connectivity index (χ2v) is 5.74. The maximum Gasteiger partial charge on any atom is 0.176 e. The molecule has 0 saturated carbocycles. The van der Waals surface area contributed by atoms with Gasteiger partial charge in [-0.25, -0.2) is 0 Å². The lowest BCUT2D eigenvalue weighted by Crippen LogP contribution is -2.36.